The van der Waals surface area contributed by atoms with Crippen LogP contribution < -0.4 is 5.32 Å². The second-order valence-corrected chi connectivity index (χ2v) is 5.07. The van der Waals surface area contributed by atoms with Gasteiger partial charge in [0, 0.05) is 36.8 Å². The first-order valence-electron chi connectivity index (χ1n) is 6.60. The molecule has 0 aliphatic carbocycles. The molecule has 106 valence electrons. The highest BCUT2D eigenvalue weighted by molar-refractivity contribution is 5.41. The first kappa shape index (κ1) is 15.6. The Labute approximate surface area is 114 Å². The molecule has 0 amide bonds. The molecular formula is C14H23N3O2. The third kappa shape index (κ3) is 4.61. The highest BCUT2D eigenvalue weighted by atomic mass is 16.6. The quantitative estimate of drug-likeness (QED) is 0.608. The SMILES string of the molecule is CC(NCCN(C)C(C)C)c1ccccc1[N+](=O)[O-]. The van der Waals surface area contributed by atoms with E-state index < -0.39 is 0 Å². The van der Waals surface area contributed by atoms with E-state index in [1.54, 1.807) is 12.1 Å². The maximum atomic E-state index is 11.0. The number of benzene rings is 1. The van der Waals surface area contributed by atoms with Crippen LogP contribution in [0.1, 0.15) is 32.4 Å². The summed E-state index contributed by atoms with van der Waals surface area (Å²) in [6.07, 6.45) is 0. The Kier molecular flexibility index (Phi) is 5.92. The number of rotatable bonds is 7. The summed E-state index contributed by atoms with van der Waals surface area (Å²) in [7, 11) is 2.07. The summed E-state index contributed by atoms with van der Waals surface area (Å²) in [5, 5.41) is 14.3. The maximum Gasteiger partial charge on any atom is 0.274 e. The van der Waals surface area contributed by atoms with Gasteiger partial charge in [-0.05, 0) is 27.8 Å². The van der Waals surface area contributed by atoms with E-state index in [4.69, 9.17) is 0 Å². The molecule has 0 saturated carbocycles. The zero-order valence-electron chi connectivity index (χ0n) is 12.1. The minimum atomic E-state index is -0.326. The Morgan fingerprint density at radius 3 is 2.53 bits per heavy atom. The van der Waals surface area contributed by atoms with Crippen molar-refractivity contribution in [3.05, 3.63) is 39.9 Å². The second-order valence-electron chi connectivity index (χ2n) is 5.07. The van der Waals surface area contributed by atoms with Crippen molar-refractivity contribution >= 4 is 5.69 Å². The molecule has 1 aromatic rings. The lowest BCUT2D eigenvalue weighted by atomic mass is 10.1. The van der Waals surface area contributed by atoms with E-state index in [0.29, 0.717) is 6.04 Å². The van der Waals surface area contributed by atoms with Gasteiger partial charge in [-0.2, -0.15) is 0 Å². The molecule has 0 fully saturated rings. The Morgan fingerprint density at radius 2 is 1.95 bits per heavy atom. The van der Waals surface area contributed by atoms with Gasteiger partial charge in [0.1, 0.15) is 0 Å². The fourth-order valence-corrected chi connectivity index (χ4v) is 1.85. The number of hydrogen-bond donors (Lipinski definition) is 1. The molecule has 5 heteroatoms. The van der Waals surface area contributed by atoms with E-state index in [9.17, 15) is 10.1 Å². The molecule has 1 unspecified atom stereocenters. The van der Waals surface area contributed by atoms with E-state index in [-0.39, 0.29) is 16.7 Å². The average Bonchev–Trinajstić information content (AvgIpc) is 2.38. The van der Waals surface area contributed by atoms with Gasteiger partial charge in [0.05, 0.1) is 4.92 Å². The van der Waals surface area contributed by atoms with Crippen molar-refractivity contribution in [3.8, 4) is 0 Å². The van der Waals surface area contributed by atoms with E-state index in [0.717, 1.165) is 18.7 Å². The predicted molar refractivity (Wildman–Crippen MR) is 77.3 cm³/mol. The molecule has 19 heavy (non-hydrogen) atoms. The molecule has 5 nitrogen and oxygen atoms in total. The third-order valence-electron chi connectivity index (χ3n) is 3.40. The first-order chi connectivity index (χ1) is 8.93. The lowest BCUT2D eigenvalue weighted by molar-refractivity contribution is -0.385. The van der Waals surface area contributed by atoms with E-state index in [2.05, 4.69) is 31.1 Å². The highest BCUT2D eigenvalue weighted by Crippen LogP contribution is 2.24. The summed E-state index contributed by atoms with van der Waals surface area (Å²) in [4.78, 5) is 12.9. The van der Waals surface area contributed by atoms with Crippen LogP contribution in [0.2, 0.25) is 0 Å². The van der Waals surface area contributed by atoms with Gasteiger partial charge < -0.3 is 10.2 Å². The molecule has 0 aliphatic rings. The molecule has 1 atom stereocenters. The molecule has 1 N–H and O–H groups in total. The molecule has 1 aromatic carbocycles. The number of nitrogens with one attached hydrogen (secondary N) is 1. The summed E-state index contributed by atoms with van der Waals surface area (Å²) in [5.74, 6) is 0. The fourth-order valence-electron chi connectivity index (χ4n) is 1.85. The van der Waals surface area contributed by atoms with Crippen molar-refractivity contribution in [2.75, 3.05) is 20.1 Å². The van der Waals surface area contributed by atoms with Crippen LogP contribution in [-0.2, 0) is 0 Å². The van der Waals surface area contributed by atoms with Crippen molar-refractivity contribution in [1.82, 2.24) is 10.2 Å². The van der Waals surface area contributed by atoms with Crippen molar-refractivity contribution in [2.45, 2.75) is 32.9 Å². The number of nitro benzene ring substituents is 1. The van der Waals surface area contributed by atoms with Crippen molar-refractivity contribution in [3.63, 3.8) is 0 Å². The minimum Gasteiger partial charge on any atom is -0.309 e. The van der Waals surface area contributed by atoms with E-state index in [1.165, 1.54) is 0 Å². The van der Waals surface area contributed by atoms with Gasteiger partial charge in [0.15, 0.2) is 0 Å². The number of hydrogen-bond acceptors (Lipinski definition) is 4. The summed E-state index contributed by atoms with van der Waals surface area (Å²) < 4.78 is 0. The summed E-state index contributed by atoms with van der Waals surface area (Å²) in [5.41, 5.74) is 0.916. The second kappa shape index (κ2) is 7.21. The number of para-hydroxylation sites is 1. The van der Waals surface area contributed by atoms with Crippen molar-refractivity contribution in [2.24, 2.45) is 0 Å². The van der Waals surface area contributed by atoms with Gasteiger partial charge in [-0.15, -0.1) is 0 Å². The average molecular weight is 265 g/mol. The van der Waals surface area contributed by atoms with Gasteiger partial charge in [0.25, 0.3) is 5.69 Å². The Morgan fingerprint density at radius 1 is 1.32 bits per heavy atom. The molecule has 0 saturated heterocycles. The fraction of sp³-hybridized carbons (Fsp3) is 0.571. The number of likely N-dealkylation sites (N-methyl/N-ethyl adjacent to an activating group) is 1. The molecular weight excluding hydrogens is 242 g/mol. The molecule has 1 rings (SSSR count). The molecule has 0 radical (unpaired) electrons. The Hall–Kier alpha value is -1.46. The molecule has 0 heterocycles. The van der Waals surface area contributed by atoms with Gasteiger partial charge in [-0.1, -0.05) is 18.2 Å². The predicted octanol–water partition coefficient (Wildman–Crippen LogP) is 2.59. The lowest BCUT2D eigenvalue weighted by Crippen LogP contribution is -2.34. The van der Waals surface area contributed by atoms with Crippen LogP contribution in [0.15, 0.2) is 24.3 Å². The Bertz CT molecular complexity index is 421. The van der Waals surface area contributed by atoms with Crippen LogP contribution in [0, 0.1) is 10.1 Å². The first-order valence-corrected chi connectivity index (χ1v) is 6.60. The van der Waals surface area contributed by atoms with Crippen molar-refractivity contribution < 1.29 is 4.92 Å². The minimum absolute atomic E-state index is 0.0258. The van der Waals surface area contributed by atoms with Crippen LogP contribution in [0.4, 0.5) is 5.69 Å². The molecule has 0 spiro atoms. The number of nitrogens with zero attached hydrogens (tertiary/aromatic N) is 2. The maximum absolute atomic E-state index is 11.0. The standard InChI is InChI=1S/C14H23N3O2/c1-11(2)16(4)10-9-15-12(3)13-7-5-6-8-14(13)17(18)19/h5-8,11-12,15H,9-10H2,1-4H3. The van der Waals surface area contributed by atoms with Crippen LogP contribution in [0.3, 0.4) is 0 Å². The summed E-state index contributed by atoms with van der Waals surface area (Å²) >= 11 is 0. The molecule has 0 aromatic heterocycles. The van der Waals surface area contributed by atoms with Crippen LogP contribution in [-0.4, -0.2) is 36.0 Å². The molecule has 0 aliphatic heterocycles. The van der Waals surface area contributed by atoms with Crippen molar-refractivity contribution in [1.29, 1.82) is 0 Å². The zero-order chi connectivity index (χ0) is 14.4. The van der Waals surface area contributed by atoms with Crippen LogP contribution in [0.25, 0.3) is 0 Å². The summed E-state index contributed by atoms with van der Waals surface area (Å²) in [6, 6.07) is 7.36. The van der Waals surface area contributed by atoms with Crippen LogP contribution >= 0.6 is 0 Å². The van der Waals surface area contributed by atoms with E-state index in [1.807, 2.05) is 19.1 Å². The van der Waals surface area contributed by atoms with Crippen LogP contribution in [0.5, 0.6) is 0 Å². The van der Waals surface area contributed by atoms with Gasteiger partial charge in [0.2, 0.25) is 0 Å². The smallest absolute Gasteiger partial charge is 0.274 e. The monoisotopic (exact) mass is 265 g/mol. The lowest BCUT2D eigenvalue weighted by Gasteiger charge is -2.22. The summed E-state index contributed by atoms with van der Waals surface area (Å²) in [6.45, 7) is 7.97. The van der Waals surface area contributed by atoms with Gasteiger partial charge in [-0.3, -0.25) is 10.1 Å². The van der Waals surface area contributed by atoms with Gasteiger partial charge in [-0.25, -0.2) is 0 Å². The highest BCUT2D eigenvalue weighted by Gasteiger charge is 2.17. The third-order valence-corrected chi connectivity index (χ3v) is 3.40. The normalized spacial score (nSPS) is 12.9. The van der Waals surface area contributed by atoms with E-state index >= 15 is 0 Å². The molecule has 0 bridgehead atoms. The number of nitro groups is 1. The topological polar surface area (TPSA) is 58.4 Å². The Balaban J connectivity index is 2.59. The largest absolute Gasteiger partial charge is 0.309 e. The van der Waals surface area contributed by atoms with Gasteiger partial charge >= 0.3 is 0 Å². The zero-order valence-corrected chi connectivity index (χ0v) is 12.1.